The third-order valence-corrected chi connectivity index (χ3v) is 6.52. The fourth-order valence-corrected chi connectivity index (χ4v) is 5.16. The Balaban J connectivity index is 1.47. The normalized spacial score (nSPS) is 21.5. The quantitative estimate of drug-likeness (QED) is 0.731. The number of rotatable bonds is 2. The minimum Gasteiger partial charge on any atom is -0.343 e. The highest BCUT2D eigenvalue weighted by atomic mass is 32.2. The van der Waals surface area contributed by atoms with E-state index in [2.05, 4.69) is 59.5 Å². The van der Waals surface area contributed by atoms with E-state index in [0.29, 0.717) is 0 Å². The summed E-state index contributed by atoms with van der Waals surface area (Å²) < 4.78 is 0. The average Bonchev–Trinajstić information content (AvgIpc) is 3.37. The van der Waals surface area contributed by atoms with Gasteiger partial charge in [-0.3, -0.25) is 4.79 Å². The molecule has 5 radical (unpaired) electrons. The molecule has 1 amide bonds. The molecule has 2 aromatic rings. The first-order valence-electron chi connectivity index (χ1n) is 9.36. The number of hydrazone groups is 1. The first-order valence-corrected chi connectivity index (χ1v) is 10.2. The third kappa shape index (κ3) is 2.93. The predicted octanol–water partition coefficient (Wildman–Crippen LogP) is 4.97. The van der Waals surface area contributed by atoms with E-state index in [1.807, 2.05) is 25.7 Å². The van der Waals surface area contributed by atoms with Crippen LogP contribution in [0.2, 0.25) is 0 Å². The predicted molar refractivity (Wildman–Crippen MR) is 113 cm³/mol. The van der Waals surface area contributed by atoms with Crippen LogP contribution in [0.25, 0.3) is 0 Å². The highest BCUT2D eigenvalue weighted by Crippen LogP contribution is 2.48. The molecule has 1 fully saturated rings. The number of fused-ring (bicyclic) bond motifs is 2. The number of carbonyl (C=O) groups excluding carboxylic acids is 1. The summed E-state index contributed by atoms with van der Waals surface area (Å²) in [4.78, 5) is 16.9. The number of hydrogen-bond donors (Lipinski definition) is 0. The molecule has 2 heterocycles. The summed E-state index contributed by atoms with van der Waals surface area (Å²) in [6.45, 7) is 1.58. The van der Waals surface area contributed by atoms with Gasteiger partial charge in [-0.25, -0.2) is 5.01 Å². The van der Waals surface area contributed by atoms with Crippen LogP contribution in [-0.4, -0.2) is 23.7 Å². The zero-order valence-electron chi connectivity index (χ0n) is 15.8. The summed E-state index contributed by atoms with van der Waals surface area (Å²) in [5.41, 5.74) is 4.51. The maximum Gasteiger partial charge on any atom is 0.240 e. The monoisotopic (exact) mass is 386 g/mol. The molecule has 5 rings (SSSR count). The van der Waals surface area contributed by atoms with Crippen LogP contribution >= 0.6 is 11.8 Å². The fraction of sp³-hybridized carbons (Fsp3) is 0.174. The Bertz CT molecular complexity index is 964. The Morgan fingerprint density at radius 2 is 1.82 bits per heavy atom. The molecule has 0 bridgehead atoms. The van der Waals surface area contributed by atoms with Crippen LogP contribution in [0.3, 0.4) is 0 Å². The van der Waals surface area contributed by atoms with Gasteiger partial charge in [0.05, 0.1) is 17.4 Å². The lowest BCUT2D eigenvalue weighted by atomic mass is 9.93. The van der Waals surface area contributed by atoms with Crippen LogP contribution in [0.1, 0.15) is 24.9 Å². The summed E-state index contributed by atoms with van der Waals surface area (Å²) >= 11 is 1.78. The van der Waals surface area contributed by atoms with Crippen LogP contribution in [0.4, 0.5) is 11.4 Å². The Kier molecular flexibility index (Phi) is 4.43. The summed E-state index contributed by atoms with van der Waals surface area (Å²) in [6, 6.07) is 14.9. The molecule has 1 aliphatic carbocycles. The van der Waals surface area contributed by atoms with Crippen LogP contribution in [0.15, 0.2) is 57.4 Å². The summed E-state index contributed by atoms with van der Waals surface area (Å²) in [6.07, 6.45) is 8.85. The van der Waals surface area contributed by atoms with Crippen molar-refractivity contribution in [2.75, 3.05) is 11.9 Å². The first kappa shape index (κ1) is 17.8. The van der Waals surface area contributed by atoms with Crippen molar-refractivity contribution in [3.05, 3.63) is 79.6 Å². The molecule has 1 atom stereocenters. The SMILES string of the molecule is CC(=O)N1N=C([C]2[CH][CH][CH][CH]2)CC1c1ccc2c(c1)Sc1ccccc1N2C. The molecular weight excluding hydrogens is 366 g/mol. The van der Waals surface area contributed by atoms with Crippen molar-refractivity contribution >= 4 is 34.8 Å². The Hall–Kier alpha value is -2.27. The topological polar surface area (TPSA) is 35.9 Å². The molecule has 4 nitrogen and oxygen atoms in total. The zero-order chi connectivity index (χ0) is 19.3. The minimum atomic E-state index is -0.0595. The Morgan fingerprint density at radius 1 is 1.07 bits per heavy atom. The van der Waals surface area contributed by atoms with E-state index in [0.717, 1.165) is 23.6 Å². The molecule has 1 saturated carbocycles. The number of anilines is 2. The van der Waals surface area contributed by atoms with Gasteiger partial charge < -0.3 is 4.90 Å². The van der Waals surface area contributed by atoms with Gasteiger partial charge in [0, 0.05) is 41.8 Å². The second-order valence-electron chi connectivity index (χ2n) is 7.16. The van der Waals surface area contributed by atoms with Gasteiger partial charge in [-0.05, 0) is 55.5 Å². The molecule has 139 valence electrons. The van der Waals surface area contributed by atoms with Gasteiger partial charge in [0.15, 0.2) is 0 Å². The number of nitrogens with zero attached hydrogens (tertiary/aromatic N) is 3. The van der Waals surface area contributed by atoms with Crippen LogP contribution < -0.4 is 4.90 Å². The second-order valence-corrected chi connectivity index (χ2v) is 8.24. The Morgan fingerprint density at radius 3 is 2.61 bits per heavy atom. The highest BCUT2D eigenvalue weighted by molar-refractivity contribution is 7.99. The molecule has 0 aromatic heterocycles. The van der Waals surface area contributed by atoms with Gasteiger partial charge >= 0.3 is 0 Å². The van der Waals surface area contributed by atoms with Crippen LogP contribution in [0, 0.1) is 31.6 Å². The highest BCUT2D eigenvalue weighted by Gasteiger charge is 2.36. The van der Waals surface area contributed by atoms with Crippen molar-refractivity contribution in [3.63, 3.8) is 0 Å². The van der Waals surface area contributed by atoms with Gasteiger partial charge in [-0.2, -0.15) is 5.10 Å². The summed E-state index contributed by atoms with van der Waals surface area (Å²) in [5, 5.41) is 6.27. The largest absolute Gasteiger partial charge is 0.343 e. The number of carbonyl (C=O) groups is 1. The van der Waals surface area contributed by atoms with Crippen molar-refractivity contribution in [3.8, 4) is 0 Å². The second kappa shape index (κ2) is 6.96. The lowest BCUT2D eigenvalue weighted by Gasteiger charge is -2.30. The van der Waals surface area contributed by atoms with Gasteiger partial charge in [0.2, 0.25) is 5.91 Å². The minimum absolute atomic E-state index is 0.0283. The lowest BCUT2D eigenvalue weighted by Crippen LogP contribution is -2.24. The molecule has 2 aromatic carbocycles. The number of benzene rings is 2. The molecule has 2 aliphatic heterocycles. The van der Waals surface area contributed by atoms with Crippen LogP contribution in [-0.2, 0) is 4.79 Å². The lowest BCUT2D eigenvalue weighted by molar-refractivity contribution is -0.130. The van der Waals surface area contributed by atoms with E-state index >= 15 is 0 Å². The maximum atomic E-state index is 12.3. The average molecular weight is 387 g/mol. The fourth-order valence-electron chi connectivity index (χ4n) is 3.97. The standard InChI is InChI=1S/C23H20N3OS/c1-15(27)26-21(14-18(24-26)16-7-3-4-8-16)17-11-12-20-23(13-17)28-22-10-6-5-9-19(22)25(20)2/h3-13,21H,14H2,1-2H3. The van der Waals surface area contributed by atoms with E-state index in [9.17, 15) is 4.79 Å². The maximum absolute atomic E-state index is 12.3. The van der Waals surface area contributed by atoms with Crippen LogP contribution in [0.5, 0.6) is 0 Å². The zero-order valence-corrected chi connectivity index (χ0v) is 16.6. The Labute approximate surface area is 170 Å². The van der Waals surface area contributed by atoms with Gasteiger partial charge in [0.25, 0.3) is 0 Å². The molecule has 5 heteroatoms. The van der Waals surface area contributed by atoms with E-state index in [-0.39, 0.29) is 11.9 Å². The van der Waals surface area contributed by atoms with Crippen molar-refractivity contribution in [1.29, 1.82) is 0 Å². The van der Waals surface area contributed by atoms with E-state index < -0.39 is 0 Å². The smallest absolute Gasteiger partial charge is 0.240 e. The van der Waals surface area contributed by atoms with Crippen molar-refractivity contribution in [2.45, 2.75) is 29.2 Å². The molecule has 0 spiro atoms. The van der Waals surface area contributed by atoms with E-state index in [4.69, 9.17) is 0 Å². The number of amides is 1. The van der Waals surface area contributed by atoms with Crippen molar-refractivity contribution in [2.24, 2.45) is 5.10 Å². The van der Waals surface area contributed by atoms with Gasteiger partial charge in [-0.1, -0.05) is 30.0 Å². The molecular formula is C23H20N3OS. The summed E-state index contributed by atoms with van der Waals surface area (Å²) in [7, 11) is 2.10. The van der Waals surface area contributed by atoms with E-state index in [1.165, 1.54) is 21.2 Å². The first-order chi connectivity index (χ1) is 13.6. The third-order valence-electron chi connectivity index (χ3n) is 5.41. The van der Waals surface area contributed by atoms with E-state index in [1.54, 1.807) is 23.7 Å². The van der Waals surface area contributed by atoms with Crippen molar-refractivity contribution in [1.82, 2.24) is 5.01 Å². The molecule has 0 saturated heterocycles. The molecule has 0 N–H and O–H groups in total. The van der Waals surface area contributed by atoms with Gasteiger partial charge in [0.1, 0.15) is 0 Å². The van der Waals surface area contributed by atoms with Crippen molar-refractivity contribution < 1.29 is 4.79 Å². The molecule has 3 aliphatic rings. The number of para-hydroxylation sites is 1. The summed E-state index contributed by atoms with van der Waals surface area (Å²) in [5.74, 6) is 1.06. The van der Waals surface area contributed by atoms with Gasteiger partial charge in [-0.15, -0.1) is 0 Å². The number of hydrogen-bond acceptors (Lipinski definition) is 4. The molecule has 1 unspecified atom stereocenters. The molecule has 28 heavy (non-hydrogen) atoms.